The van der Waals surface area contributed by atoms with Crippen molar-refractivity contribution in [1.29, 1.82) is 0 Å². The molecule has 0 aliphatic rings. The second-order valence-corrected chi connectivity index (χ2v) is 3.65. The van der Waals surface area contributed by atoms with E-state index in [-0.39, 0.29) is 0 Å². The lowest BCUT2D eigenvalue weighted by Gasteiger charge is -1.98. The monoisotopic (exact) mass is 229 g/mol. The summed E-state index contributed by atoms with van der Waals surface area (Å²) in [5.41, 5.74) is 3.21. The highest BCUT2D eigenvalue weighted by Gasteiger charge is 1.90. The van der Waals surface area contributed by atoms with E-state index in [1.165, 1.54) is 5.56 Å². The van der Waals surface area contributed by atoms with E-state index in [1.54, 1.807) is 0 Å². The first-order chi connectivity index (χ1) is 7.88. The van der Waals surface area contributed by atoms with Crippen LogP contribution in [0, 0.1) is 0 Å². The molecule has 0 spiro atoms. The third-order valence-electron chi connectivity index (χ3n) is 2.26. The Morgan fingerprint density at radius 1 is 0.812 bits per heavy atom. The normalized spacial score (nSPS) is 10.6. The Morgan fingerprint density at radius 3 is 2.25 bits per heavy atom. The number of halogens is 1. The number of benzene rings is 2. The lowest BCUT2D eigenvalue weighted by Crippen LogP contribution is -1.80. The van der Waals surface area contributed by atoms with Crippen molar-refractivity contribution in [2.24, 2.45) is 0 Å². The van der Waals surface area contributed by atoms with Gasteiger partial charge in [-0.15, -0.1) is 0 Å². The fourth-order valence-corrected chi connectivity index (χ4v) is 1.58. The van der Waals surface area contributed by atoms with Gasteiger partial charge in [-0.3, -0.25) is 4.84 Å². The average Bonchev–Trinajstić information content (AvgIpc) is 2.38. The van der Waals surface area contributed by atoms with Crippen molar-refractivity contribution in [3.05, 3.63) is 65.7 Å². The fourth-order valence-electron chi connectivity index (χ4n) is 1.46. The van der Waals surface area contributed by atoms with Crippen molar-refractivity contribution in [2.45, 2.75) is 0 Å². The van der Waals surface area contributed by atoms with Crippen molar-refractivity contribution >= 4 is 29.6 Å². The molecule has 1 N–H and O–H groups in total. The van der Waals surface area contributed by atoms with E-state index in [0.29, 0.717) is 0 Å². The van der Waals surface area contributed by atoms with Crippen LogP contribution in [0.1, 0.15) is 11.1 Å². The van der Waals surface area contributed by atoms with Gasteiger partial charge in [0.2, 0.25) is 0 Å². The quantitative estimate of drug-likeness (QED) is 0.607. The first kappa shape index (κ1) is 10.8. The van der Waals surface area contributed by atoms with Crippen molar-refractivity contribution in [1.82, 2.24) is 0 Å². The van der Waals surface area contributed by atoms with Crippen molar-refractivity contribution < 1.29 is 0 Å². The van der Waals surface area contributed by atoms with Gasteiger partial charge in [0.25, 0.3) is 0 Å². The van der Waals surface area contributed by atoms with Gasteiger partial charge in [-0.2, -0.15) is 0 Å². The molecule has 2 aromatic carbocycles. The lowest BCUT2D eigenvalue weighted by molar-refractivity contribution is 1.63. The topological polar surface area (TPSA) is 12.0 Å². The largest absolute Gasteiger partial charge is 0.298 e. The molecule has 0 aliphatic heterocycles. The molecular formula is C14H12ClN. The van der Waals surface area contributed by atoms with Crippen LogP contribution < -0.4 is 4.84 Å². The van der Waals surface area contributed by atoms with Gasteiger partial charge in [-0.05, 0) is 23.3 Å². The SMILES string of the molecule is ClNc1cccc(C=Cc2ccccc2)c1. The summed E-state index contributed by atoms with van der Waals surface area (Å²) >= 11 is 5.54. The average molecular weight is 230 g/mol. The molecule has 2 heteroatoms. The Hall–Kier alpha value is -1.73. The zero-order valence-electron chi connectivity index (χ0n) is 8.73. The molecule has 16 heavy (non-hydrogen) atoms. The fraction of sp³-hybridized carbons (Fsp3) is 0. The van der Waals surface area contributed by atoms with Crippen LogP contribution in [0.4, 0.5) is 5.69 Å². The maximum absolute atomic E-state index is 5.54. The second kappa shape index (κ2) is 5.38. The molecule has 0 heterocycles. The first-order valence-electron chi connectivity index (χ1n) is 5.08. The van der Waals surface area contributed by atoms with Crippen LogP contribution in [0.2, 0.25) is 0 Å². The van der Waals surface area contributed by atoms with Gasteiger partial charge in [0.1, 0.15) is 0 Å². The highest BCUT2D eigenvalue weighted by Crippen LogP contribution is 2.14. The predicted molar refractivity (Wildman–Crippen MR) is 71.3 cm³/mol. The van der Waals surface area contributed by atoms with Gasteiger partial charge in [0, 0.05) is 17.5 Å². The number of anilines is 1. The van der Waals surface area contributed by atoms with Gasteiger partial charge < -0.3 is 0 Å². The van der Waals surface area contributed by atoms with Gasteiger partial charge in [-0.1, -0.05) is 54.6 Å². The summed E-state index contributed by atoms with van der Waals surface area (Å²) in [6, 6.07) is 18.1. The molecule has 0 aromatic heterocycles. The summed E-state index contributed by atoms with van der Waals surface area (Å²) in [4.78, 5) is 2.60. The zero-order valence-corrected chi connectivity index (χ0v) is 9.48. The molecule has 0 radical (unpaired) electrons. The van der Waals surface area contributed by atoms with Crippen LogP contribution in [-0.2, 0) is 0 Å². The van der Waals surface area contributed by atoms with E-state index in [9.17, 15) is 0 Å². The Morgan fingerprint density at radius 2 is 1.50 bits per heavy atom. The highest BCUT2D eigenvalue weighted by molar-refractivity contribution is 6.24. The zero-order chi connectivity index (χ0) is 11.2. The maximum atomic E-state index is 5.54. The summed E-state index contributed by atoms with van der Waals surface area (Å²) in [5.74, 6) is 0. The molecule has 80 valence electrons. The molecule has 1 nitrogen and oxygen atoms in total. The molecule has 0 aliphatic carbocycles. The van der Waals surface area contributed by atoms with Gasteiger partial charge >= 0.3 is 0 Å². The van der Waals surface area contributed by atoms with Gasteiger partial charge in [0.05, 0.1) is 0 Å². The van der Waals surface area contributed by atoms with E-state index in [1.807, 2.05) is 42.5 Å². The maximum Gasteiger partial charge on any atom is 0.0497 e. The summed E-state index contributed by atoms with van der Waals surface area (Å²) in [6.45, 7) is 0. The lowest BCUT2D eigenvalue weighted by atomic mass is 10.1. The van der Waals surface area contributed by atoms with Crippen LogP contribution in [-0.4, -0.2) is 0 Å². The molecule has 0 amide bonds. The van der Waals surface area contributed by atoms with Gasteiger partial charge in [-0.25, -0.2) is 0 Å². The number of rotatable bonds is 3. The molecule has 0 atom stereocenters. The molecule has 2 aromatic rings. The summed E-state index contributed by atoms with van der Waals surface area (Å²) in [7, 11) is 0. The highest BCUT2D eigenvalue weighted by atomic mass is 35.5. The molecule has 0 saturated heterocycles. The Kier molecular flexibility index (Phi) is 3.62. The standard InChI is InChI=1S/C14H12ClN/c15-16-14-8-4-7-13(11-14)10-9-12-5-2-1-3-6-12/h1-11,16H. The van der Waals surface area contributed by atoms with E-state index in [4.69, 9.17) is 11.8 Å². The van der Waals surface area contributed by atoms with E-state index < -0.39 is 0 Å². The predicted octanol–water partition coefficient (Wildman–Crippen LogP) is 4.42. The van der Waals surface area contributed by atoms with E-state index in [0.717, 1.165) is 11.3 Å². The van der Waals surface area contributed by atoms with Crippen LogP contribution in [0.25, 0.3) is 12.2 Å². The third kappa shape index (κ3) is 2.88. The Labute approximate surface area is 100 Å². The van der Waals surface area contributed by atoms with E-state index >= 15 is 0 Å². The second-order valence-electron chi connectivity index (χ2n) is 3.46. The molecule has 0 bridgehead atoms. The van der Waals surface area contributed by atoms with Crippen molar-refractivity contribution in [2.75, 3.05) is 4.84 Å². The van der Waals surface area contributed by atoms with E-state index in [2.05, 4.69) is 29.1 Å². The minimum absolute atomic E-state index is 0.900. The summed E-state index contributed by atoms with van der Waals surface area (Å²) in [6.07, 6.45) is 4.14. The molecular weight excluding hydrogens is 218 g/mol. The third-order valence-corrected chi connectivity index (χ3v) is 2.48. The molecule has 2 rings (SSSR count). The van der Waals surface area contributed by atoms with Crippen LogP contribution in [0.15, 0.2) is 54.6 Å². The van der Waals surface area contributed by atoms with Crippen LogP contribution >= 0.6 is 11.8 Å². The molecule has 0 saturated carbocycles. The Balaban J connectivity index is 2.17. The van der Waals surface area contributed by atoms with Crippen molar-refractivity contribution in [3.63, 3.8) is 0 Å². The van der Waals surface area contributed by atoms with Crippen LogP contribution in [0.5, 0.6) is 0 Å². The van der Waals surface area contributed by atoms with Gasteiger partial charge in [0.15, 0.2) is 0 Å². The summed E-state index contributed by atoms with van der Waals surface area (Å²) in [5, 5.41) is 0. The van der Waals surface area contributed by atoms with Crippen molar-refractivity contribution in [3.8, 4) is 0 Å². The molecule has 0 unspecified atom stereocenters. The number of hydrogen-bond donors (Lipinski definition) is 1. The molecule has 0 fully saturated rings. The first-order valence-corrected chi connectivity index (χ1v) is 5.46. The smallest absolute Gasteiger partial charge is 0.0497 e. The minimum atomic E-state index is 0.900. The number of hydrogen-bond acceptors (Lipinski definition) is 1. The number of nitrogens with one attached hydrogen (secondary N) is 1. The summed E-state index contributed by atoms with van der Waals surface area (Å²) < 4.78 is 0. The minimum Gasteiger partial charge on any atom is -0.298 e. The Bertz CT molecular complexity index is 477. The van der Waals surface area contributed by atoms with Crippen LogP contribution in [0.3, 0.4) is 0 Å².